The first-order valence-electron chi connectivity index (χ1n) is 7.72. The van der Waals surface area contributed by atoms with E-state index in [1.165, 1.54) is 30.4 Å². The van der Waals surface area contributed by atoms with Crippen molar-refractivity contribution in [3.63, 3.8) is 0 Å². The Hall–Kier alpha value is -1.75. The van der Waals surface area contributed by atoms with Crippen LogP contribution in [0.3, 0.4) is 0 Å². The Morgan fingerprint density at radius 1 is 1.14 bits per heavy atom. The van der Waals surface area contributed by atoms with E-state index >= 15 is 0 Å². The first-order chi connectivity index (χ1) is 10.2. The molecule has 1 saturated carbocycles. The van der Waals surface area contributed by atoms with Gasteiger partial charge < -0.3 is 5.32 Å². The molecule has 1 aliphatic rings. The lowest BCUT2D eigenvalue weighted by atomic mass is 9.81. The van der Waals surface area contributed by atoms with Crippen molar-refractivity contribution in [3.8, 4) is 5.69 Å². The predicted molar refractivity (Wildman–Crippen MR) is 82.5 cm³/mol. The van der Waals surface area contributed by atoms with Gasteiger partial charge in [0.15, 0.2) is 5.82 Å². The lowest BCUT2D eigenvalue weighted by Gasteiger charge is -2.35. The zero-order chi connectivity index (χ0) is 14.9. The molecule has 1 aromatic heterocycles. The number of benzene rings is 1. The van der Waals surface area contributed by atoms with E-state index in [0.29, 0.717) is 0 Å². The third kappa shape index (κ3) is 2.46. The van der Waals surface area contributed by atoms with Crippen molar-refractivity contribution in [2.24, 2.45) is 0 Å². The highest BCUT2D eigenvalue weighted by atomic mass is 15.6. The van der Waals surface area contributed by atoms with E-state index in [1.807, 2.05) is 11.7 Å². The summed E-state index contributed by atoms with van der Waals surface area (Å²) in [5.41, 5.74) is 3.43. The monoisotopic (exact) mass is 285 g/mol. The summed E-state index contributed by atoms with van der Waals surface area (Å²) >= 11 is 0. The van der Waals surface area contributed by atoms with E-state index in [9.17, 15) is 0 Å². The van der Waals surface area contributed by atoms with Crippen molar-refractivity contribution < 1.29 is 0 Å². The van der Waals surface area contributed by atoms with Crippen LogP contribution in [0.2, 0.25) is 0 Å². The largest absolute Gasteiger partial charge is 0.308 e. The quantitative estimate of drug-likeness (QED) is 0.942. The van der Waals surface area contributed by atoms with Crippen LogP contribution in [0.25, 0.3) is 5.69 Å². The average Bonchev–Trinajstić information content (AvgIpc) is 2.98. The zero-order valence-electron chi connectivity index (χ0n) is 13.1. The molecule has 1 N–H and O–H groups in total. The maximum atomic E-state index is 4.36. The minimum absolute atomic E-state index is 0.0981. The third-order valence-electron chi connectivity index (χ3n) is 4.66. The summed E-state index contributed by atoms with van der Waals surface area (Å²) in [6.07, 6.45) is 5.93. The zero-order valence-corrected chi connectivity index (χ0v) is 13.1. The normalized spacial score (nSPS) is 17.9. The lowest BCUT2D eigenvalue weighted by molar-refractivity contribution is 0.232. The number of hydrogen-bond donors (Lipinski definition) is 1. The summed E-state index contributed by atoms with van der Waals surface area (Å²) in [7, 11) is 2.02. The fourth-order valence-electron chi connectivity index (χ4n) is 3.43. The van der Waals surface area contributed by atoms with Crippen molar-refractivity contribution >= 4 is 0 Å². The molecular weight excluding hydrogens is 262 g/mol. The number of aryl methyl sites for hydroxylation is 2. The van der Waals surface area contributed by atoms with Gasteiger partial charge in [-0.05, 0) is 55.8 Å². The number of rotatable bonds is 3. The van der Waals surface area contributed by atoms with Gasteiger partial charge >= 0.3 is 0 Å². The van der Waals surface area contributed by atoms with Crippen molar-refractivity contribution in [2.75, 3.05) is 7.05 Å². The van der Waals surface area contributed by atoms with Gasteiger partial charge in [0.2, 0.25) is 0 Å². The Bertz CT molecular complexity index is 625. The standard InChI is InChI=1S/C16H23N5/c1-12-7-8-14(13(2)11-12)21-15(18-19-20-21)16(17-3)9-5-4-6-10-16/h7-8,11,17H,4-6,9-10H2,1-3H3. The minimum Gasteiger partial charge on any atom is -0.308 e. The Morgan fingerprint density at radius 2 is 1.90 bits per heavy atom. The molecule has 0 radical (unpaired) electrons. The summed E-state index contributed by atoms with van der Waals surface area (Å²) in [6, 6.07) is 6.39. The lowest BCUT2D eigenvalue weighted by Crippen LogP contribution is -2.44. The molecule has 0 saturated heterocycles. The van der Waals surface area contributed by atoms with Gasteiger partial charge in [-0.2, -0.15) is 4.68 Å². The summed E-state index contributed by atoms with van der Waals surface area (Å²) in [5.74, 6) is 0.941. The van der Waals surface area contributed by atoms with E-state index in [0.717, 1.165) is 24.4 Å². The highest BCUT2D eigenvalue weighted by Gasteiger charge is 2.37. The minimum atomic E-state index is -0.0981. The van der Waals surface area contributed by atoms with Gasteiger partial charge in [0, 0.05) is 0 Å². The van der Waals surface area contributed by atoms with Crippen LogP contribution in [0.5, 0.6) is 0 Å². The highest BCUT2D eigenvalue weighted by molar-refractivity contribution is 5.42. The van der Waals surface area contributed by atoms with Crippen LogP contribution in [-0.4, -0.2) is 27.3 Å². The van der Waals surface area contributed by atoms with Crippen molar-refractivity contribution in [1.82, 2.24) is 25.5 Å². The molecule has 112 valence electrons. The van der Waals surface area contributed by atoms with E-state index in [2.05, 4.69) is 52.9 Å². The SMILES string of the molecule is CNC1(c2nnnn2-c2ccc(C)cc2C)CCCCC1. The van der Waals surface area contributed by atoms with Gasteiger partial charge in [-0.3, -0.25) is 0 Å². The van der Waals surface area contributed by atoms with E-state index < -0.39 is 0 Å². The van der Waals surface area contributed by atoms with E-state index in [-0.39, 0.29) is 5.54 Å². The first kappa shape index (κ1) is 14.2. The molecule has 0 atom stereocenters. The molecule has 0 bridgehead atoms. The Kier molecular flexibility index (Phi) is 3.76. The molecule has 0 aliphatic heterocycles. The second-order valence-corrected chi connectivity index (χ2v) is 6.10. The number of aromatic nitrogens is 4. The van der Waals surface area contributed by atoms with Crippen molar-refractivity contribution in [3.05, 3.63) is 35.2 Å². The summed E-state index contributed by atoms with van der Waals surface area (Å²) in [4.78, 5) is 0. The summed E-state index contributed by atoms with van der Waals surface area (Å²) < 4.78 is 1.91. The molecule has 0 unspecified atom stereocenters. The molecule has 1 fully saturated rings. The van der Waals surface area contributed by atoms with Crippen molar-refractivity contribution in [2.45, 2.75) is 51.5 Å². The predicted octanol–water partition coefficient (Wildman–Crippen LogP) is 2.66. The maximum Gasteiger partial charge on any atom is 0.176 e. The summed E-state index contributed by atoms with van der Waals surface area (Å²) in [5, 5.41) is 16.1. The van der Waals surface area contributed by atoms with E-state index in [1.54, 1.807) is 0 Å². The number of nitrogens with one attached hydrogen (secondary N) is 1. The maximum absolute atomic E-state index is 4.36. The second kappa shape index (κ2) is 5.56. The molecule has 0 amide bonds. The highest BCUT2D eigenvalue weighted by Crippen LogP contribution is 2.36. The fraction of sp³-hybridized carbons (Fsp3) is 0.562. The van der Waals surface area contributed by atoms with Crippen LogP contribution in [0.4, 0.5) is 0 Å². The molecule has 0 spiro atoms. The molecule has 1 aliphatic carbocycles. The van der Waals surface area contributed by atoms with Crippen LogP contribution in [0.1, 0.15) is 49.1 Å². The van der Waals surface area contributed by atoms with Gasteiger partial charge in [0.1, 0.15) is 0 Å². The smallest absolute Gasteiger partial charge is 0.176 e. The molecule has 2 aromatic rings. The van der Waals surface area contributed by atoms with Crippen molar-refractivity contribution in [1.29, 1.82) is 0 Å². The second-order valence-electron chi connectivity index (χ2n) is 6.10. The molecule has 3 rings (SSSR count). The topological polar surface area (TPSA) is 55.6 Å². The molecular formula is C16H23N5. The van der Waals surface area contributed by atoms with Gasteiger partial charge in [-0.25, -0.2) is 0 Å². The molecule has 1 heterocycles. The van der Waals surface area contributed by atoms with Gasteiger partial charge in [-0.15, -0.1) is 5.10 Å². The summed E-state index contributed by atoms with van der Waals surface area (Å²) in [6.45, 7) is 4.22. The average molecular weight is 285 g/mol. The van der Waals surface area contributed by atoms with Gasteiger partial charge in [0.25, 0.3) is 0 Å². The molecule has 21 heavy (non-hydrogen) atoms. The molecule has 5 heteroatoms. The molecule has 5 nitrogen and oxygen atoms in total. The fourth-order valence-corrected chi connectivity index (χ4v) is 3.43. The van der Waals surface area contributed by atoms with Crippen LogP contribution >= 0.6 is 0 Å². The van der Waals surface area contributed by atoms with Crippen LogP contribution in [-0.2, 0) is 5.54 Å². The Balaban J connectivity index is 2.08. The number of hydrogen-bond acceptors (Lipinski definition) is 4. The van der Waals surface area contributed by atoms with Gasteiger partial charge in [-0.1, -0.05) is 37.0 Å². The molecule has 1 aromatic carbocycles. The van der Waals surface area contributed by atoms with Crippen LogP contribution in [0, 0.1) is 13.8 Å². The first-order valence-corrected chi connectivity index (χ1v) is 7.72. The Labute approximate surface area is 125 Å². The third-order valence-corrected chi connectivity index (χ3v) is 4.66. The van der Waals surface area contributed by atoms with E-state index in [4.69, 9.17) is 0 Å². The van der Waals surface area contributed by atoms with Crippen LogP contribution in [0.15, 0.2) is 18.2 Å². The van der Waals surface area contributed by atoms with Crippen LogP contribution < -0.4 is 5.32 Å². The number of tetrazole rings is 1. The number of nitrogens with zero attached hydrogens (tertiary/aromatic N) is 4. The van der Waals surface area contributed by atoms with Gasteiger partial charge in [0.05, 0.1) is 11.2 Å². The Morgan fingerprint density at radius 3 is 2.57 bits per heavy atom.